The van der Waals surface area contributed by atoms with Gasteiger partial charge in [0.05, 0.1) is 43.4 Å². The van der Waals surface area contributed by atoms with E-state index in [2.05, 4.69) is 9.97 Å². The van der Waals surface area contributed by atoms with Crippen molar-refractivity contribution in [2.24, 2.45) is 0 Å². The van der Waals surface area contributed by atoms with Crippen LogP contribution in [0.3, 0.4) is 0 Å². The summed E-state index contributed by atoms with van der Waals surface area (Å²) < 4.78 is 107. The number of aromatic nitrogens is 4. The van der Waals surface area contributed by atoms with Crippen molar-refractivity contribution >= 4 is 82.7 Å². The first-order chi connectivity index (χ1) is 29.9. The molecular formula is C45H26N4Na4O11S3. The van der Waals surface area contributed by atoms with E-state index in [1.54, 1.807) is 60.7 Å². The van der Waals surface area contributed by atoms with Crippen LogP contribution < -0.4 is 123 Å². The van der Waals surface area contributed by atoms with Crippen LogP contribution in [0.2, 0.25) is 0 Å². The summed E-state index contributed by atoms with van der Waals surface area (Å²) in [5.41, 5.74) is 7.41. The van der Waals surface area contributed by atoms with Gasteiger partial charge in [-0.15, -0.1) is 0 Å². The van der Waals surface area contributed by atoms with Crippen molar-refractivity contribution in [1.29, 1.82) is 0 Å². The summed E-state index contributed by atoms with van der Waals surface area (Å²) in [6.07, 6.45) is 6.92. The van der Waals surface area contributed by atoms with Crippen molar-refractivity contribution in [3.05, 3.63) is 150 Å². The fraction of sp³-hybridized carbons (Fsp3) is 0. The van der Waals surface area contributed by atoms with Gasteiger partial charge in [0.15, 0.2) is 0 Å². The zero-order chi connectivity index (χ0) is 44.4. The average molecular weight is 987 g/mol. The number of benzene rings is 4. The third-order valence-corrected chi connectivity index (χ3v) is 13.0. The minimum atomic E-state index is -4.79. The van der Waals surface area contributed by atoms with Gasteiger partial charge in [-0.3, -0.25) is 0 Å². The maximum absolute atomic E-state index is 11.9. The molecule has 0 saturated heterocycles. The topological polar surface area (TPSA) is 269 Å². The number of hydrogen-bond acceptors (Lipinski definition) is 13. The molecule has 9 rings (SSSR count). The zero-order valence-corrected chi connectivity index (χ0v) is 46.4. The molecule has 67 heavy (non-hydrogen) atoms. The van der Waals surface area contributed by atoms with E-state index in [0.29, 0.717) is 89.4 Å². The van der Waals surface area contributed by atoms with Gasteiger partial charge in [-0.05, 0) is 113 Å². The average Bonchev–Trinajstić information content (AvgIpc) is 4.09. The minimum absolute atomic E-state index is 0. The van der Waals surface area contributed by atoms with E-state index in [9.17, 15) is 48.8 Å². The Morgan fingerprint density at radius 2 is 0.597 bits per heavy atom. The summed E-state index contributed by atoms with van der Waals surface area (Å²) in [5.74, 6) is -1.37. The number of nitrogens with zero attached hydrogens (tertiary/aromatic N) is 2. The number of hydrogen-bond donors (Lipinski definition) is 2. The van der Waals surface area contributed by atoms with Crippen LogP contribution in [0.15, 0.2) is 136 Å². The number of nitrogens with one attached hydrogen (secondary N) is 2. The molecule has 0 saturated carbocycles. The Balaban J connectivity index is 0.00000210. The van der Waals surface area contributed by atoms with Gasteiger partial charge < -0.3 is 33.5 Å². The number of carboxylic acids is 1. The van der Waals surface area contributed by atoms with Crippen LogP contribution >= 0.6 is 0 Å². The van der Waals surface area contributed by atoms with Crippen molar-refractivity contribution in [2.75, 3.05) is 0 Å². The SMILES string of the molecule is O=C([O-])c1ccc(-c2c3nc(c(-c4ccc(S(=O)(=O)[O-])cc4)c4ccc([nH]4)c(-c4ccc(S(=O)(=O)[O-])cc4)c4nc(c(-c5ccc(S(=O)(=O)[O-])cc5)c5ccc2[nH]5)C=C4)C=C3)cc1.[Na+].[Na+].[Na+].[Na+]. The number of carbonyl (C=O) groups excluding carboxylic acids is 1. The first kappa shape index (κ1) is 54.6. The Labute approximate surface area is 472 Å². The second-order valence-corrected chi connectivity index (χ2v) is 18.4. The maximum Gasteiger partial charge on any atom is 1.00 e. The molecule has 0 amide bonds. The zero-order valence-electron chi connectivity index (χ0n) is 36.0. The summed E-state index contributed by atoms with van der Waals surface area (Å²) in [7, 11) is -14.4. The summed E-state index contributed by atoms with van der Waals surface area (Å²) in [4.78, 5) is 27.3. The van der Waals surface area contributed by atoms with E-state index < -0.39 is 51.0 Å². The molecule has 7 aromatic rings. The Bertz CT molecular complexity index is 3580. The van der Waals surface area contributed by atoms with E-state index in [0.717, 1.165) is 0 Å². The van der Waals surface area contributed by atoms with Gasteiger partial charge in [-0.25, -0.2) is 35.2 Å². The number of aromatic carboxylic acids is 1. The molecule has 0 atom stereocenters. The van der Waals surface area contributed by atoms with Crippen molar-refractivity contribution in [2.45, 2.75) is 14.7 Å². The Morgan fingerprint density at radius 3 is 0.806 bits per heavy atom. The summed E-state index contributed by atoms with van der Waals surface area (Å²) >= 11 is 0. The molecular weight excluding hydrogens is 961 g/mol. The van der Waals surface area contributed by atoms with E-state index in [-0.39, 0.29) is 124 Å². The fourth-order valence-electron chi connectivity index (χ4n) is 7.56. The van der Waals surface area contributed by atoms with Gasteiger partial charge in [0.25, 0.3) is 0 Å². The number of rotatable bonds is 8. The Kier molecular flexibility index (Phi) is 17.4. The van der Waals surface area contributed by atoms with Crippen molar-refractivity contribution in [3.63, 3.8) is 0 Å². The number of aromatic amines is 2. The van der Waals surface area contributed by atoms with Crippen molar-refractivity contribution in [1.82, 2.24) is 19.9 Å². The second-order valence-electron chi connectivity index (χ2n) is 14.3. The van der Waals surface area contributed by atoms with E-state index in [1.807, 2.05) is 0 Å². The molecule has 2 aliphatic heterocycles. The predicted octanol–water partition coefficient (Wildman–Crippen LogP) is -5.58. The van der Waals surface area contributed by atoms with Crippen LogP contribution in [0.4, 0.5) is 0 Å². The van der Waals surface area contributed by atoms with E-state index in [4.69, 9.17) is 9.97 Å². The number of carbonyl (C=O) groups is 1. The van der Waals surface area contributed by atoms with Crippen LogP contribution in [-0.2, 0) is 30.4 Å². The standard InChI is InChI=1S/C45H30N4O11S3.4Na/c50-45(51)29-3-1-25(2-4-29)41-33-17-19-35(46-33)42(26-5-11-30(12-6-26)61(52,53)54)37-21-23-39(48-37)44(28-9-15-32(16-10-28)63(58,59)60)40-24-22-38(49-40)43(36-20-18-34(41)47-36)27-7-13-31(14-8-27)62(55,56)57;;;;/h1-24,46,49H,(H,50,51)(H,52,53,54)(H,55,56,57)(H,58,59,60);;;;/q;4*+1/p-4. The van der Waals surface area contributed by atoms with Crippen LogP contribution in [0.1, 0.15) is 33.1 Å². The smallest absolute Gasteiger partial charge is 0.744 e. The molecule has 22 heteroatoms. The number of H-pyrrole nitrogens is 2. The molecule has 15 nitrogen and oxygen atoms in total. The molecule has 4 aromatic carbocycles. The van der Waals surface area contributed by atoms with Crippen LogP contribution in [0.25, 0.3) is 90.9 Å². The Hall–Kier alpha value is -3.32. The number of carboxylic acid groups (broad SMARTS) is 1. The minimum Gasteiger partial charge on any atom is -0.744 e. The van der Waals surface area contributed by atoms with Crippen molar-refractivity contribution < 1.29 is 167 Å². The molecule has 0 radical (unpaired) electrons. The fourth-order valence-corrected chi connectivity index (χ4v) is 8.97. The normalized spacial score (nSPS) is 12.0. The molecule has 0 unspecified atom stereocenters. The first-order valence-corrected chi connectivity index (χ1v) is 22.8. The van der Waals surface area contributed by atoms with Crippen molar-refractivity contribution in [3.8, 4) is 44.5 Å². The molecule has 2 aliphatic rings. The second kappa shape index (κ2) is 21.4. The molecule has 8 bridgehead atoms. The van der Waals surface area contributed by atoms with Crippen LogP contribution in [0, 0.1) is 0 Å². The predicted molar refractivity (Wildman–Crippen MR) is 229 cm³/mol. The van der Waals surface area contributed by atoms with Gasteiger partial charge >= 0.3 is 118 Å². The molecule has 5 heterocycles. The van der Waals surface area contributed by atoms with Gasteiger partial charge in [0.1, 0.15) is 30.4 Å². The molecule has 0 spiro atoms. The maximum atomic E-state index is 11.9. The van der Waals surface area contributed by atoms with Crippen LogP contribution in [0.5, 0.6) is 0 Å². The van der Waals surface area contributed by atoms with Crippen LogP contribution in [-0.4, -0.2) is 64.8 Å². The quantitative estimate of drug-likeness (QED) is 0.106. The van der Waals surface area contributed by atoms with E-state index in [1.165, 1.54) is 84.9 Å². The van der Waals surface area contributed by atoms with Gasteiger partial charge in [-0.1, -0.05) is 60.7 Å². The van der Waals surface area contributed by atoms with Gasteiger partial charge in [-0.2, -0.15) is 0 Å². The summed E-state index contributed by atoms with van der Waals surface area (Å²) in [6.45, 7) is 0. The third kappa shape index (κ3) is 11.3. The third-order valence-electron chi connectivity index (χ3n) is 10.5. The molecule has 3 aromatic heterocycles. The first-order valence-electron chi connectivity index (χ1n) is 18.6. The van der Waals surface area contributed by atoms with Gasteiger partial charge in [0, 0.05) is 44.3 Å². The van der Waals surface area contributed by atoms with E-state index >= 15 is 0 Å². The largest absolute Gasteiger partial charge is 1.00 e. The Morgan fingerprint density at radius 1 is 0.373 bits per heavy atom. The molecule has 2 N–H and O–H groups in total. The summed E-state index contributed by atoms with van der Waals surface area (Å²) in [6, 6.07) is 29.0. The molecule has 314 valence electrons. The number of fused-ring (bicyclic) bond motifs is 8. The monoisotopic (exact) mass is 986 g/mol. The molecule has 0 fully saturated rings. The van der Waals surface area contributed by atoms with Gasteiger partial charge in [0.2, 0.25) is 0 Å². The molecule has 0 aliphatic carbocycles. The summed E-state index contributed by atoms with van der Waals surface area (Å²) in [5, 5.41) is 11.7.